The Morgan fingerprint density at radius 2 is 1.84 bits per heavy atom. The zero-order chi connectivity index (χ0) is 13.7. The monoisotopic (exact) mass is 262 g/mol. The Balaban J connectivity index is 1.89. The van der Waals surface area contributed by atoms with Gasteiger partial charge in [-0.3, -0.25) is 9.69 Å². The van der Waals surface area contributed by atoms with E-state index in [0.717, 1.165) is 18.7 Å². The number of rotatable bonds is 4. The van der Waals surface area contributed by atoms with Crippen LogP contribution in [0.3, 0.4) is 0 Å². The molecule has 0 bridgehead atoms. The molecule has 1 aromatic rings. The highest BCUT2D eigenvalue weighted by molar-refractivity contribution is 5.81. The number of carbonyl (C=O) groups is 1. The molecular weight excluding hydrogens is 240 g/mol. The minimum Gasteiger partial charge on any atom is -0.379 e. The Morgan fingerprint density at radius 1 is 1.21 bits per heavy atom. The van der Waals surface area contributed by atoms with E-state index in [4.69, 9.17) is 4.74 Å². The van der Waals surface area contributed by atoms with Gasteiger partial charge in [-0.05, 0) is 19.4 Å². The number of nitrogens with zero attached hydrogens (tertiary/aromatic N) is 1. The third kappa shape index (κ3) is 3.78. The van der Waals surface area contributed by atoms with Crippen LogP contribution in [-0.2, 0) is 9.53 Å². The summed E-state index contributed by atoms with van der Waals surface area (Å²) in [6.45, 7) is 7.05. The van der Waals surface area contributed by atoms with Gasteiger partial charge in [0, 0.05) is 13.1 Å². The summed E-state index contributed by atoms with van der Waals surface area (Å²) >= 11 is 0. The maximum absolute atomic E-state index is 12.2. The van der Waals surface area contributed by atoms with Crippen LogP contribution in [0.4, 0.5) is 0 Å². The second kappa shape index (κ2) is 6.68. The van der Waals surface area contributed by atoms with Crippen molar-refractivity contribution in [3.8, 4) is 0 Å². The van der Waals surface area contributed by atoms with E-state index in [1.807, 2.05) is 44.2 Å². The molecule has 2 rings (SSSR count). The van der Waals surface area contributed by atoms with E-state index in [0.29, 0.717) is 13.2 Å². The highest BCUT2D eigenvalue weighted by Gasteiger charge is 2.24. The van der Waals surface area contributed by atoms with Crippen LogP contribution in [0, 0.1) is 0 Å². The van der Waals surface area contributed by atoms with E-state index in [1.165, 1.54) is 0 Å². The van der Waals surface area contributed by atoms with Gasteiger partial charge < -0.3 is 10.1 Å². The van der Waals surface area contributed by atoms with Gasteiger partial charge in [-0.2, -0.15) is 0 Å². The van der Waals surface area contributed by atoms with Crippen molar-refractivity contribution in [2.24, 2.45) is 0 Å². The van der Waals surface area contributed by atoms with Crippen molar-refractivity contribution in [1.82, 2.24) is 10.2 Å². The Labute approximate surface area is 114 Å². The first-order chi connectivity index (χ1) is 9.18. The summed E-state index contributed by atoms with van der Waals surface area (Å²) in [5, 5.41) is 3.07. The van der Waals surface area contributed by atoms with E-state index in [1.54, 1.807) is 0 Å². The molecule has 1 heterocycles. The lowest BCUT2D eigenvalue weighted by molar-refractivity contribution is -0.128. The van der Waals surface area contributed by atoms with Crippen molar-refractivity contribution in [2.45, 2.75) is 25.9 Å². The standard InChI is InChI=1S/C15H22N2O2/c1-12(14-6-4-3-5-7-14)16-15(18)13(2)17-8-10-19-11-9-17/h3-7,12-13H,8-11H2,1-2H3,(H,16,18)/t12-,13+/m1/s1. The molecule has 0 aromatic heterocycles. The number of ether oxygens (including phenoxy) is 1. The number of benzene rings is 1. The SMILES string of the molecule is C[C@@H](NC(=O)[C@H](C)N1CCOCC1)c1ccccc1. The van der Waals surface area contributed by atoms with E-state index in [9.17, 15) is 4.79 Å². The van der Waals surface area contributed by atoms with Gasteiger partial charge in [0.2, 0.25) is 5.91 Å². The van der Waals surface area contributed by atoms with Crippen LogP contribution >= 0.6 is 0 Å². The summed E-state index contributed by atoms with van der Waals surface area (Å²) in [5.74, 6) is 0.0817. The van der Waals surface area contributed by atoms with Crippen molar-refractivity contribution in [3.63, 3.8) is 0 Å². The molecule has 4 heteroatoms. The Morgan fingerprint density at radius 3 is 2.47 bits per heavy atom. The van der Waals surface area contributed by atoms with Gasteiger partial charge >= 0.3 is 0 Å². The second-order valence-corrected chi connectivity index (χ2v) is 4.97. The summed E-state index contributed by atoms with van der Waals surface area (Å²) in [4.78, 5) is 14.4. The van der Waals surface area contributed by atoms with Crippen LogP contribution in [0.15, 0.2) is 30.3 Å². The number of nitrogens with one attached hydrogen (secondary N) is 1. The molecule has 1 N–H and O–H groups in total. The Hall–Kier alpha value is -1.39. The van der Waals surface area contributed by atoms with Crippen molar-refractivity contribution < 1.29 is 9.53 Å². The number of hydrogen-bond acceptors (Lipinski definition) is 3. The molecular formula is C15H22N2O2. The normalized spacial score (nSPS) is 19.7. The van der Waals surface area contributed by atoms with Crippen LogP contribution in [-0.4, -0.2) is 43.2 Å². The molecule has 1 aliphatic rings. The Bertz CT molecular complexity index is 402. The molecule has 1 fully saturated rings. The zero-order valence-electron chi connectivity index (χ0n) is 11.6. The minimum atomic E-state index is -0.102. The maximum Gasteiger partial charge on any atom is 0.237 e. The summed E-state index contributed by atoms with van der Waals surface area (Å²) in [6.07, 6.45) is 0. The van der Waals surface area contributed by atoms with Crippen LogP contribution in [0.2, 0.25) is 0 Å². The number of carbonyl (C=O) groups excluding carboxylic acids is 1. The van der Waals surface area contributed by atoms with Gasteiger partial charge in [-0.25, -0.2) is 0 Å². The predicted molar refractivity (Wildman–Crippen MR) is 74.9 cm³/mol. The fourth-order valence-electron chi connectivity index (χ4n) is 2.29. The first-order valence-corrected chi connectivity index (χ1v) is 6.85. The van der Waals surface area contributed by atoms with Crippen LogP contribution in [0.1, 0.15) is 25.5 Å². The first kappa shape index (κ1) is 14.0. The highest BCUT2D eigenvalue weighted by atomic mass is 16.5. The average molecular weight is 262 g/mol. The topological polar surface area (TPSA) is 41.6 Å². The van der Waals surface area contributed by atoms with Gasteiger partial charge in [-0.15, -0.1) is 0 Å². The average Bonchev–Trinajstić information content (AvgIpc) is 2.48. The molecule has 0 spiro atoms. The molecule has 0 radical (unpaired) electrons. The fraction of sp³-hybridized carbons (Fsp3) is 0.533. The summed E-state index contributed by atoms with van der Waals surface area (Å²) in [7, 11) is 0. The summed E-state index contributed by atoms with van der Waals surface area (Å²) in [5.41, 5.74) is 1.13. The van der Waals surface area contributed by atoms with Crippen LogP contribution in [0.5, 0.6) is 0 Å². The van der Waals surface area contributed by atoms with Crippen molar-refractivity contribution >= 4 is 5.91 Å². The smallest absolute Gasteiger partial charge is 0.237 e. The maximum atomic E-state index is 12.2. The summed E-state index contributed by atoms with van der Waals surface area (Å²) < 4.78 is 5.31. The van der Waals surface area contributed by atoms with Crippen molar-refractivity contribution in [2.75, 3.05) is 26.3 Å². The molecule has 0 unspecified atom stereocenters. The van der Waals surface area contributed by atoms with Gasteiger partial charge in [0.15, 0.2) is 0 Å². The molecule has 1 amide bonds. The molecule has 2 atom stereocenters. The molecule has 1 aromatic carbocycles. The fourth-order valence-corrected chi connectivity index (χ4v) is 2.29. The zero-order valence-corrected chi connectivity index (χ0v) is 11.6. The Kier molecular flexibility index (Phi) is 4.93. The number of hydrogen-bond donors (Lipinski definition) is 1. The minimum absolute atomic E-state index is 0.0391. The van der Waals surface area contributed by atoms with Crippen molar-refractivity contribution in [3.05, 3.63) is 35.9 Å². The predicted octanol–water partition coefficient (Wildman–Crippen LogP) is 1.58. The lowest BCUT2D eigenvalue weighted by Gasteiger charge is -2.32. The molecule has 1 aliphatic heterocycles. The molecule has 0 aliphatic carbocycles. The van der Waals surface area contributed by atoms with Gasteiger partial charge in [0.25, 0.3) is 0 Å². The molecule has 1 saturated heterocycles. The number of morpholine rings is 1. The quantitative estimate of drug-likeness (QED) is 0.896. The highest BCUT2D eigenvalue weighted by Crippen LogP contribution is 2.12. The van der Waals surface area contributed by atoms with E-state index in [-0.39, 0.29) is 18.0 Å². The lowest BCUT2D eigenvalue weighted by atomic mass is 10.1. The summed E-state index contributed by atoms with van der Waals surface area (Å²) in [6, 6.07) is 9.96. The first-order valence-electron chi connectivity index (χ1n) is 6.85. The van der Waals surface area contributed by atoms with Crippen LogP contribution in [0.25, 0.3) is 0 Å². The molecule has 104 valence electrons. The van der Waals surface area contributed by atoms with Crippen LogP contribution < -0.4 is 5.32 Å². The largest absolute Gasteiger partial charge is 0.379 e. The van der Waals surface area contributed by atoms with E-state index >= 15 is 0 Å². The molecule has 4 nitrogen and oxygen atoms in total. The van der Waals surface area contributed by atoms with Gasteiger partial charge in [0.1, 0.15) is 0 Å². The van der Waals surface area contributed by atoms with E-state index in [2.05, 4.69) is 10.2 Å². The van der Waals surface area contributed by atoms with E-state index < -0.39 is 0 Å². The van der Waals surface area contributed by atoms with Crippen molar-refractivity contribution in [1.29, 1.82) is 0 Å². The second-order valence-electron chi connectivity index (χ2n) is 4.97. The third-order valence-electron chi connectivity index (χ3n) is 3.63. The number of amides is 1. The lowest BCUT2D eigenvalue weighted by Crippen LogP contribution is -2.50. The molecule has 0 saturated carbocycles. The molecule has 19 heavy (non-hydrogen) atoms. The van der Waals surface area contributed by atoms with Gasteiger partial charge in [0.05, 0.1) is 25.3 Å². The third-order valence-corrected chi connectivity index (χ3v) is 3.63. The van der Waals surface area contributed by atoms with Gasteiger partial charge in [-0.1, -0.05) is 30.3 Å².